The molecule has 4 heteroatoms. The Hall–Kier alpha value is -1.47. The van der Waals surface area contributed by atoms with Gasteiger partial charge in [0.2, 0.25) is 0 Å². The highest BCUT2D eigenvalue weighted by molar-refractivity contribution is 5.36. The van der Waals surface area contributed by atoms with Crippen LogP contribution in [0.3, 0.4) is 0 Å². The third-order valence-electron chi connectivity index (χ3n) is 1.99. The van der Waals surface area contributed by atoms with Gasteiger partial charge in [0.25, 0.3) is 0 Å². The summed E-state index contributed by atoms with van der Waals surface area (Å²) in [7, 11) is 0. The first-order valence-electron chi connectivity index (χ1n) is 4.98. The highest BCUT2D eigenvalue weighted by atomic mass is 19.2. The molecule has 0 unspecified atom stereocenters. The molecule has 0 saturated carbocycles. The number of rotatable bonds is 3. The standard InChI is InChI=1S/C12H12F3N/c13-10-8-12(15)11(14)7-9(10)5-3-1-2-4-6-16/h7-8H,1-2,4,6,16H2. The van der Waals surface area contributed by atoms with Crippen molar-refractivity contribution < 1.29 is 13.2 Å². The van der Waals surface area contributed by atoms with Crippen LogP contribution in [-0.4, -0.2) is 6.54 Å². The Bertz CT molecular complexity index is 418. The SMILES string of the molecule is NCCCCC#Cc1cc(F)c(F)cc1F. The van der Waals surface area contributed by atoms with Crippen molar-refractivity contribution in [1.29, 1.82) is 0 Å². The lowest BCUT2D eigenvalue weighted by Crippen LogP contribution is -1.97. The van der Waals surface area contributed by atoms with Crippen LogP contribution in [-0.2, 0) is 0 Å². The first-order valence-corrected chi connectivity index (χ1v) is 4.98. The third-order valence-corrected chi connectivity index (χ3v) is 1.99. The van der Waals surface area contributed by atoms with Crippen molar-refractivity contribution >= 4 is 0 Å². The molecule has 0 aromatic heterocycles. The van der Waals surface area contributed by atoms with Crippen molar-refractivity contribution in [2.24, 2.45) is 5.73 Å². The molecule has 1 rings (SSSR count). The molecule has 0 aliphatic carbocycles. The van der Waals surface area contributed by atoms with E-state index >= 15 is 0 Å². The maximum atomic E-state index is 13.1. The van der Waals surface area contributed by atoms with E-state index in [2.05, 4.69) is 11.8 Å². The smallest absolute Gasteiger partial charge is 0.161 e. The van der Waals surface area contributed by atoms with Gasteiger partial charge in [-0.25, -0.2) is 13.2 Å². The van der Waals surface area contributed by atoms with E-state index in [1.165, 1.54) is 0 Å². The number of hydrogen-bond donors (Lipinski definition) is 1. The van der Waals surface area contributed by atoms with Crippen LogP contribution in [0.2, 0.25) is 0 Å². The lowest BCUT2D eigenvalue weighted by atomic mass is 10.2. The highest BCUT2D eigenvalue weighted by Crippen LogP contribution is 2.12. The zero-order valence-electron chi connectivity index (χ0n) is 8.69. The molecule has 1 aromatic carbocycles. The van der Waals surface area contributed by atoms with Gasteiger partial charge < -0.3 is 5.73 Å². The third kappa shape index (κ3) is 3.59. The Morgan fingerprint density at radius 1 is 1.00 bits per heavy atom. The molecule has 16 heavy (non-hydrogen) atoms. The molecule has 0 spiro atoms. The zero-order valence-corrected chi connectivity index (χ0v) is 8.69. The number of halogens is 3. The van der Waals surface area contributed by atoms with Gasteiger partial charge in [-0.3, -0.25) is 0 Å². The van der Waals surface area contributed by atoms with Crippen molar-refractivity contribution in [3.05, 3.63) is 35.1 Å². The van der Waals surface area contributed by atoms with E-state index in [9.17, 15) is 13.2 Å². The van der Waals surface area contributed by atoms with Gasteiger partial charge in [0.15, 0.2) is 11.6 Å². The normalized spacial score (nSPS) is 9.75. The predicted octanol–water partition coefficient (Wildman–Crippen LogP) is 2.58. The predicted molar refractivity (Wildman–Crippen MR) is 56.1 cm³/mol. The van der Waals surface area contributed by atoms with E-state index in [1.54, 1.807) is 0 Å². The summed E-state index contributed by atoms with van der Waals surface area (Å²) in [5, 5.41) is 0. The summed E-state index contributed by atoms with van der Waals surface area (Å²) >= 11 is 0. The van der Waals surface area contributed by atoms with Crippen LogP contribution in [0.5, 0.6) is 0 Å². The Balaban J connectivity index is 2.69. The zero-order chi connectivity index (χ0) is 12.0. The van der Waals surface area contributed by atoms with E-state index in [0.29, 0.717) is 19.0 Å². The maximum absolute atomic E-state index is 13.1. The Morgan fingerprint density at radius 3 is 2.38 bits per heavy atom. The summed E-state index contributed by atoms with van der Waals surface area (Å²) in [5.41, 5.74) is 5.16. The average molecular weight is 227 g/mol. The first-order chi connectivity index (χ1) is 7.65. The van der Waals surface area contributed by atoms with Crippen LogP contribution in [0.4, 0.5) is 13.2 Å². The monoisotopic (exact) mass is 227 g/mol. The Morgan fingerprint density at radius 2 is 1.69 bits per heavy atom. The van der Waals surface area contributed by atoms with Crippen molar-refractivity contribution in [3.8, 4) is 11.8 Å². The first kappa shape index (κ1) is 12.6. The van der Waals surface area contributed by atoms with Crippen LogP contribution in [0.1, 0.15) is 24.8 Å². The number of unbranched alkanes of at least 4 members (excludes halogenated alkanes) is 2. The summed E-state index contributed by atoms with van der Waals surface area (Å²) in [6.45, 7) is 0.585. The lowest BCUT2D eigenvalue weighted by molar-refractivity contribution is 0.494. The molecule has 0 aliphatic rings. The molecule has 0 amide bonds. The molecule has 0 atom stereocenters. The number of hydrogen-bond acceptors (Lipinski definition) is 1. The van der Waals surface area contributed by atoms with Gasteiger partial charge in [0.05, 0.1) is 5.56 Å². The minimum atomic E-state index is -1.20. The number of benzene rings is 1. The van der Waals surface area contributed by atoms with Crippen LogP contribution >= 0.6 is 0 Å². The van der Waals surface area contributed by atoms with Crippen molar-refractivity contribution in [2.45, 2.75) is 19.3 Å². The molecule has 0 saturated heterocycles. The minimum Gasteiger partial charge on any atom is -0.330 e. The van der Waals surface area contributed by atoms with E-state index in [-0.39, 0.29) is 5.56 Å². The van der Waals surface area contributed by atoms with Crippen LogP contribution in [0.25, 0.3) is 0 Å². The Labute approximate surface area is 92.5 Å². The molecule has 2 N–H and O–H groups in total. The molecule has 0 radical (unpaired) electrons. The summed E-state index contributed by atoms with van der Waals surface area (Å²) < 4.78 is 38.4. The van der Waals surface area contributed by atoms with Crippen molar-refractivity contribution in [3.63, 3.8) is 0 Å². The van der Waals surface area contributed by atoms with Gasteiger partial charge in [-0.1, -0.05) is 11.8 Å². The summed E-state index contributed by atoms with van der Waals surface area (Å²) in [5.74, 6) is 2.02. The molecule has 0 aliphatic heterocycles. The highest BCUT2D eigenvalue weighted by Gasteiger charge is 2.07. The molecule has 1 nitrogen and oxygen atoms in total. The lowest BCUT2D eigenvalue weighted by Gasteiger charge is -1.96. The average Bonchev–Trinajstić information content (AvgIpc) is 2.25. The second-order valence-electron chi connectivity index (χ2n) is 3.29. The molecule has 86 valence electrons. The van der Waals surface area contributed by atoms with E-state index in [0.717, 1.165) is 18.9 Å². The van der Waals surface area contributed by atoms with Gasteiger partial charge in [-0.05, 0) is 25.5 Å². The second kappa shape index (κ2) is 6.19. The molecule has 0 heterocycles. The molecule has 1 aromatic rings. The maximum Gasteiger partial charge on any atom is 0.161 e. The largest absolute Gasteiger partial charge is 0.330 e. The minimum absolute atomic E-state index is 0.119. The topological polar surface area (TPSA) is 26.0 Å². The fourth-order valence-corrected chi connectivity index (χ4v) is 1.13. The van der Waals surface area contributed by atoms with Crippen LogP contribution < -0.4 is 5.73 Å². The molecular weight excluding hydrogens is 215 g/mol. The fourth-order valence-electron chi connectivity index (χ4n) is 1.13. The summed E-state index contributed by atoms with van der Waals surface area (Å²) in [6, 6.07) is 1.26. The van der Waals surface area contributed by atoms with E-state index in [1.807, 2.05) is 0 Å². The second-order valence-corrected chi connectivity index (χ2v) is 3.29. The van der Waals surface area contributed by atoms with Gasteiger partial charge in [-0.15, -0.1) is 0 Å². The van der Waals surface area contributed by atoms with Gasteiger partial charge in [-0.2, -0.15) is 0 Å². The summed E-state index contributed by atoms with van der Waals surface area (Å²) in [6.07, 6.45) is 2.22. The summed E-state index contributed by atoms with van der Waals surface area (Å²) in [4.78, 5) is 0. The van der Waals surface area contributed by atoms with Gasteiger partial charge >= 0.3 is 0 Å². The van der Waals surface area contributed by atoms with E-state index < -0.39 is 17.5 Å². The molecule has 0 fully saturated rings. The van der Waals surface area contributed by atoms with E-state index in [4.69, 9.17) is 5.73 Å². The molecule has 0 bridgehead atoms. The van der Waals surface area contributed by atoms with Gasteiger partial charge in [0.1, 0.15) is 5.82 Å². The van der Waals surface area contributed by atoms with Gasteiger partial charge in [0, 0.05) is 12.5 Å². The van der Waals surface area contributed by atoms with Crippen LogP contribution in [0, 0.1) is 29.3 Å². The van der Waals surface area contributed by atoms with Crippen molar-refractivity contribution in [1.82, 2.24) is 0 Å². The van der Waals surface area contributed by atoms with Crippen molar-refractivity contribution in [2.75, 3.05) is 6.54 Å². The number of nitrogens with two attached hydrogens (primary N) is 1. The fraction of sp³-hybridized carbons (Fsp3) is 0.333. The quantitative estimate of drug-likeness (QED) is 0.479. The Kier molecular flexibility index (Phi) is 4.87. The molecular formula is C12H12F3N. The van der Waals surface area contributed by atoms with Crippen LogP contribution in [0.15, 0.2) is 12.1 Å².